The van der Waals surface area contributed by atoms with Crippen LogP contribution in [0.1, 0.15) is 48.9 Å². The monoisotopic (exact) mass is 491 g/mol. The van der Waals surface area contributed by atoms with Crippen molar-refractivity contribution in [2.45, 2.75) is 45.1 Å². The van der Waals surface area contributed by atoms with Gasteiger partial charge in [0.05, 0.1) is 13.1 Å². The van der Waals surface area contributed by atoms with Crippen LogP contribution in [0.4, 0.5) is 4.79 Å². The maximum Gasteiger partial charge on any atom is 0.332 e. The Morgan fingerprint density at radius 3 is 2.25 bits per heavy atom. The van der Waals surface area contributed by atoms with Crippen LogP contribution in [0.3, 0.4) is 0 Å². The van der Waals surface area contributed by atoms with Crippen molar-refractivity contribution in [1.82, 2.24) is 14.4 Å². The molecule has 0 spiro atoms. The number of aromatic nitrogens is 1. The summed E-state index contributed by atoms with van der Waals surface area (Å²) in [5.74, 6) is 0.0366. The Balaban J connectivity index is 1.49. The second kappa shape index (κ2) is 9.00. The van der Waals surface area contributed by atoms with E-state index in [2.05, 4.69) is 26.0 Å². The van der Waals surface area contributed by atoms with E-state index in [1.165, 1.54) is 24.6 Å². The van der Waals surface area contributed by atoms with E-state index in [4.69, 9.17) is 0 Å². The molecule has 0 radical (unpaired) electrons. The smallest absolute Gasteiger partial charge is 0.332 e. The summed E-state index contributed by atoms with van der Waals surface area (Å²) < 4.78 is 1.89. The van der Waals surface area contributed by atoms with Gasteiger partial charge in [-0.25, -0.2) is 4.79 Å². The first-order valence-electron chi connectivity index (χ1n) is 12.8. The summed E-state index contributed by atoms with van der Waals surface area (Å²) in [6.07, 6.45) is 1.26. The zero-order valence-electron chi connectivity index (χ0n) is 21.5. The van der Waals surface area contributed by atoms with Crippen LogP contribution in [0.2, 0.25) is 0 Å². The van der Waals surface area contributed by atoms with Crippen molar-refractivity contribution in [2.75, 3.05) is 33.7 Å². The Labute approximate surface area is 211 Å². The van der Waals surface area contributed by atoms with E-state index >= 15 is 0 Å². The summed E-state index contributed by atoms with van der Waals surface area (Å²) in [6, 6.07) is 13.0. The van der Waals surface area contributed by atoms with Crippen molar-refractivity contribution < 1.29 is 19.3 Å². The van der Waals surface area contributed by atoms with Crippen molar-refractivity contribution in [2.24, 2.45) is 11.3 Å². The van der Waals surface area contributed by atoms with Gasteiger partial charge in [-0.1, -0.05) is 44.2 Å². The number of hydrogen-bond donors (Lipinski definition) is 1. The number of likely N-dealkylation sites (tertiary alicyclic amines) is 1. The summed E-state index contributed by atoms with van der Waals surface area (Å²) in [7, 11) is 2.93. The van der Waals surface area contributed by atoms with Gasteiger partial charge in [0.25, 0.3) is 17.4 Å². The van der Waals surface area contributed by atoms with Crippen LogP contribution in [-0.2, 0) is 22.6 Å². The van der Waals surface area contributed by atoms with Gasteiger partial charge in [0.1, 0.15) is 6.54 Å². The molecule has 1 unspecified atom stereocenters. The van der Waals surface area contributed by atoms with E-state index in [1.807, 2.05) is 28.8 Å². The molecular formula is C28H35N4O4+. The minimum absolute atomic E-state index is 0.0337. The molecule has 5 rings (SSSR count). The Bertz CT molecular complexity index is 1240. The number of barbiturate groups is 1. The van der Waals surface area contributed by atoms with E-state index in [0.29, 0.717) is 24.9 Å². The molecule has 36 heavy (non-hydrogen) atoms. The number of benzene rings is 1. The van der Waals surface area contributed by atoms with Gasteiger partial charge in [-0.15, -0.1) is 0 Å². The third kappa shape index (κ3) is 3.97. The molecule has 1 aromatic heterocycles. The number of nitrogens with one attached hydrogen (secondary N) is 1. The van der Waals surface area contributed by atoms with Crippen LogP contribution in [0, 0.1) is 11.3 Å². The number of nitrogens with zero attached hydrogens (tertiary/aromatic N) is 3. The number of rotatable bonds is 5. The van der Waals surface area contributed by atoms with Gasteiger partial charge in [-0.05, 0) is 29.5 Å². The predicted octanol–water partition coefficient (Wildman–Crippen LogP) is 1.25. The summed E-state index contributed by atoms with van der Waals surface area (Å²) >= 11 is 0. The maximum absolute atomic E-state index is 13.8. The summed E-state index contributed by atoms with van der Waals surface area (Å²) in [5, 5.41) is 0. The molecule has 2 aromatic rings. The van der Waals surface area contributed by atoms with Gasteiger partial charge in [0, 0.05) is 50.7 Å². The first-order chi connectivity index (χ1) is 17.1. The molecule has 0 aliphatic carbocycles. The van der Waals surface area contributed by atoms with E-state index in [1.54, 1.807) is 6.07 Å². The molecule has 3 atom stereocenters. The first-order valence-corrected chi connectivity index (χ1v) is 12.8. The van der Waals surface area contributed by atoms with Crippen LogP contribution in [0.15, 0.2) is 47.3 Å². The number of fused-ring (bicyclic) bond motifs is 4. The number of carbonyl (C=O) groups is 3. The highest BCUT2D eigenvalue weighted by Gasteiger charge is 2.58. The summed E-state index contributed by atoms with van der Waals surface area (Å²) in [4.78, 5) is 55.9. The minimum atomic E-state index is -1.35. The predicted molar refractivity (Wildman–Crippen MR) is 135 cm³/mol. The van der Waals surface area contributed by atoms with E-state index in [0.717, 1.165) is 40.6 Å². The second-order valence-corrected chi connectivity index (χ2v) is 11.2. The molecule has 8 heteroatoms. The highest BCUT2D eigenvalue weighted by molar-refractivity contribution is 6.19. The number of imide groups is 2. The fourth-order valence-electron chi connectivity index (χ4n) is 6.56. The molecule has 8 nitrogen and oxygen atoms in total. The normalized spacial score (nSPS) is 25.4. The highest BCUT2D eigenvalue weighted by Crippen LogP contribution is 2.34. The zero-order chi connectivity index (χ0) is 25.8. The number of urea groups is 1. The summed E-state index contributed by atoms with van der Waals surface area (Å²) in [5.41, 5.74) is 1.83. The number of piperidine rings is 1. The molecule has 2 fully saturated rings. The number of pyridine rings is 1. The quantitative estimate of drug-likeness (QED) is 0.639. The largest absolute Gasteiger partial charge is 0.333 e. The Morgan fingerprint density at radius 2 is 1.61 bits per heavy atom. The van der Waals surface area contributed by atoms with Crippen LogP contribution in [-0.4, -0.2) is 65.9 Å². The number of hydrogen-bond acceptors (Lipinski definition) is 4. The van der Waals surface area contributed by atoms with Crippen LogP contribution >= 0.6 is 0 Å². The SMILES string of the molecule is CC(C)c1ccc(CC2(C[NH+]3C[C@H]4C[C@H](C3)c3cccc(=O)n3C4)C(=O)N(C)C(=O)N(C)C2=O)cc1. The van der Waals surface area contributed by atoms with Crippen LogP contribution in [0.5, 0.6) is 0 Å². The molecule has 4 amide bonds. The maximum atomic E-state index is 13.8. The topological polar surface area (TPSA) is 84.1 Å². The van der Waals surface area contributed by atoms with Crippen molar-refractivity contribution in [3.8, 4) is 0 Å². The standard InChI is InChI=1S/C28H34N4O4/c1-18(2)21-10-8-19(9-11-21)13-28(25(34)29(3)27(36)30(4)26(28)35)17-31-14-20-12-22(16-31)23-6-5-7-24(33)32(23)15-20/h5-11,18,20,22H,12-17H2,1-4H3/p+1/t20-,22-/m1/s1. The first kappa shape index (κ1) is 24.4. The molecule has 3 aliphatic rings. The molecule has 1 aromatic carbocycles. The van der Waals surface area contributed by atoms with E-state index < -0.39 is 23.3 Å². The lowest BCUT2D eigenvalue weighted by molar-refractivity contribution is -0.915. The van der Waals surface area contributed by atoms with Gasteiger partial charge >= 0.3 is 6.03 Å². The van der Waals surface area contributed by atoms with Gasteiger partial charge < -0.3 is 9.47 Å². The van der Waals surface area contributed by atoms with Crippen LogP contribution < -0.4 is 10.5 Å². The molecule has 2 bridgehead atoms. The zero-order valence-corrected chi connectivity index (χ0v) is 21.5. The number of carbonyl (C=O) groups excluding carboxylic acids is 3. The third-order valence-corrected chi connectivity index (χ3v) is 8.38. The van der Waals surface area contributed by atoms with Gasteiger partial charge in [-0.2, -0.15) is 0 Å². The van der Waals surface area contributed by atoms with Crippen molar-refractivity contribution in [1.29, 1.82) is 0 Å². The van der Waals surface area contributed by atoms with E-state index in [-0.39, 0.29) is 17.9 Å². The van der Waals surface area contributed by atoms with E-state index in [9.17, 15) is 19.2 Å². The van der Waals surface area contributed by atoms with Crippen molar-refractivity contribution in [3.63, 3.8) is 0 Å². The lowest BCUT2D eigenvalue weighted by Crippen LogP contribution is -3.16. The fraction of sp³-hybridized carbons (Fsp3) is 0.500. The van der Waals surface area contributed by atoms with Crippen molar-refractivity contribution >= 4 is 17.8 Å². The fourth-order valence-corrected chi connectivity index (χ4v) is 6.56. The molecule has 0 saturated carbocycles. The number of quaternary nitrogens is 1. The molecule has 3 aliphatic heterocycles. The lowest BCUT2D eigenvalue weighted by atomic mass is 9.75. The minimum Gasteiger partial charge on any atom is -0.333 e. The van der Waals surface area contributed by atoms with Crippen LogP contribution in [0.25, 0.3) is 0 Å². The van der Waals surface area contributed by atoms with Gasteiger partial charge in [0.2, 0.25) is 0 Å². The van der Waals surface area contributed by atoms with Gasteiger partial charge in [-0.3, -0.25) is 24.2 Å². The molecule has 2 saturated heterocycles. The molecule has 4 heterocycles. The second-order valence-electron chi connectivity index (χ2n) is 11.2. The average Bonchev–Trinajstić information content (AvgIpc) is 2.86. The number of amides is 4. The highest BCUT2D eigenvalue weighted by atomic mass is 16.2. The molecular weight excluding hydrogens is 456 g/mol. The molecule has 190 valence electrons. The average molecular weight is 492 g/mol. The molecule has 1 N–H and O–H groups in total. The Kier molecular flexibility index (Phi) is 6.11. The Morgan fingerprint density at radius 1 is 0.944 bits per heavy atom. The Hall–Kier alpha value is -3.26. The third-order valence-electron chi connectivity index (χ3n) is 8.38. The van der Waals surface area contributed by atoms with Crippen molar-refractivity contribution in [3.05, 3.63) is 69.6 Å². The lowest BCUT2D eigenvalue weighted by Gasteiger charge is -2.46. The summed E-state index contributed by atoms with van der Waals surface area (Å²) in [6.45, 7) is 6.77. The van der Waals surface area contributed by atoms with Gasteiger partial charge in [0.15, 0.2) is 5.41 Å².